The molecule has 1 aliphatic heterocycles. The molecule has 0 fully saturated rings. The van der Waals surface area contributed by atoms with Gasteiger partial charge in [-0.25, -0.2) is 8.42 Å². The fourth-order valence-corrected chi connectivity index (χ4v) is 4.56. The Morgan fingerprint density at radius 2 is 1.74 bits per heavy atom. The highest BCUT2D eigenvalue weighted by atomic mass is 32.2. The van der Waals surface area contributed by atoms with Crippen LogP contribution < -0.4 is 19.1 Å². The van der Waals surface area contributed by atoms with Crippen molar-refractivity contribution in [2.45, 2.75) is 12.8 Å². The summed E-state index contributed by atoms with van der Waals surface area (Å²) >= 11 is 0. The monoisotopic (exact) mass is 440 g/mol. The number of nitrogens with one attached hydrogen (secondary N) is 1. The molecule has 4 rings (SSSR count). The Hall–Kier alpha value is -3.26. The minimum atomic E-state index is -3.52. The molecule has 0 saturated carbocycles. The maximum atomic E-state index is 12.5. The molecule has 0 aromatic heterocycles. The van der Waals surface area contributed by atoms with E-state index in [4.69, 9.17) is 9.47 Å². The molecule has 31 heavy (non-hydrogen) atoms. The van der Waals surface area contributed by atoms with E-state index < -0.39 is 10.0 Å². The molecule has 0 spiro atoms. The van der Waals surface area contributed by atoms with Crippen LogP contribution >= 0.6 is 0 Å². The van der Waals surface area contributed by atoms with Gasteiger partial charge in [-0.2, -0.15) is 0 Å². The molecule has 1 aliphatic rings. The standard InChI is InChI=1S/C23H24N2O5S/c1-31(27,28)25(18-11-12-21-22(16-18)30-15-14-29-21)13-5-10-23(26)24-20-9-4-7-17-6-2-3-8-19(17)20/h2-4,6-9,11-12,16H,5,10,13-15H2,1H3,(H,24,26). The minimum absolute atomic E-state index is 0.160. The maximum absolute atomic E-state index is 12.5. The third kappa shape index (κ3) is 4.91. The SMILES string of the molecule is CS(=O)(=O)N(CCCC(=O)Nc1cccc2ccccc12)c1ccc2c(c1)OCCO2. The molecular formula is C23H24N2O5S. The first-order valence-corrected chi connectivity index (χ1v) is 11.9. The van der Waals surface area contributed by atoms with Gasteiger partial charge in [-0.1, -0.05) is 36.4 Å². The number of anilines is 2. The summed E-state index contributed by atoms with van der Waals surface area (Å²) in [6, 6.07) is 18.6. The van der Waals surface area contributed by atoms with Crippen molar-refractivity contribution in [3.63, 3.8) is 0 Å². The molecule has 3 aromatic rings. The highest BCUT2D eigenvalue weighted by Crippen LogP contribution is 2.34. The fourth-order valence-electron chi connectivity index (χ4n) is 3.60. The molecule has 0 radical (unpaired) electrons. The van der Waals surface area contributed by atoms with E-state index in [0.717, 1.165) is 22.7 Å². The highest BCUT2D eigenvalue weighted by molar-refractivity contribution is 7.92. The van der Waals surface area contributed by atoms with Crippen LogP contribution in [0.25, 0.3) is 10.8 Å². The van der Waals surface area contributed by atoms with Gasteiger partial charge in [-0.3, -0.25) is 9.10 Å². The molecule has 0 saturated heterocycles. The fraction of sp³-hybridized carbons (Fsp3) is 0.261. The predicted molar refractivity (Wildman–Crippen MR) is 121 cm³/mol. The van der Waals surface area contributed by atoms with E-state index in [-0.39, 0.29) is 18.9 Å². The van der Waals surface area contributed by atoms with Crippen LogP contribution in [-0.2, 0) is 14.8 Å². The van der Waals surface area contributed by atoms with Crippen molar-refractivity contribution in [1.29, 1.82) is 0 Å². The van der Waals surface area contributed by atoms with Crippen molar-refractivity contribution in [3.05, 3.63) is 60.7 Å². The zero-order valence-corrected chi connectivity index (χ0v) is 18.0. The summed E-state index contributed by atoms with van der Waals surface area (Å²) in [7, 11) is -3.52. The van der Waals surface area contributed by atoms with Gasteiger partial charge in [0.25, 0.3) is 0 Å². The number of ether oxygens (including phenoxy) is 2. The first-order chi connectivity index (χ1) is 14.9. The number of benzene rings is 3. The number of hydrogen-bond acceptors (Lipinski definition) is 5. The Bertz CT molecular complexity index is 1200. The lowest BCUT2D eigenvalue weighted by Crippen LogP contribution is -2.31. The van der Waals surface area contributed by atoms with Crippen molar-refractivity contribution < 1.29 is 22.7 Å². The summed E-state index contributed by atoms with van der Waals surface area (Å²) in [5.74, 6) is 0.955. The molecule has 1 N–H and O–H groups in total. The van der Waals surface area contributed by atoms with Gasteiger partial charge in [-0.05, 0) is 30.0 Å². The first-order valence-electron chi connectivity index (χ1n) is 10.1. The third-order valence-corrected chi connectivity index (χ3v) is 6.24. The second-order valence-corrected chi connectivity index (χ2v) is 9.25. The molecule has 1 heterocycles. The first kappa shape index (κ1) is 21.0. The van der Waals surface area contributed by atoms with E-state index >= 15 is 0 Å². The Balaban J connectivity index is 1.42. The van der Waals surface area contributed by atoms with E-state index in [0.29, 0.717) is 36.8 Å². The van der Waals surface area contributed by atoms with Crippen LogP contribution in [0.3, 0.4) is 0 Å². The summed E-state index contributed by atoms with van der Waals surface area (Å²) in [5, 5.41) is 4.94. The summed E-state index contributed by atoms with van der Waals surface area (Å²) in [5.41, 5.74) is 1.23. The summed E-state index contributed by atoms with van der Waals surface area (Å²) < 4.78 is 37.1. The van der Waals surface area contributed by atoms with Crippen LogP contribution in [0.15, 0.2) is 60.7 Å². The average Bonchev–Trinajstić information content (AvgIpc) is 2.76. The van der Waals surface area contributed by atoms with Crippen LogP contribution in [0.5, 0.6) is 11.5 Å². The lowest BCUT2D eigenvalue weighted by atomic mass is 10.1. The van der Waals surface area contributed by atoms with Crippen molar-refractivity contribution in [2.75, 3.05) is 35.6 Å². The number of fused-ring (bicyclic) bond motifs is 2. The van der Waals surface area contributed by atoms with E-state index in [2.05, 4.69) is 5.32 Å². The van der Waals surface area contributed by atoms with Gasteiger partial charge in [0.05, 0.1) is 11.9 Å². The number of carbonyl (C=O) groups excluding carboxylic acids is 1. The topological polar surface area (TPSA) is 84.9 Å². The minimum Gasteiger partial charge on any atom is -0.486 e. The van der Waals surface area contributed by atoms with E-state index in [1.54, 1.807) is 18.2 Å². The molecule has 7 nitrogen and oxygen atoms in total. The molecule has 0 unspecified atom stereocenters. The van der Waals surface area contributed by atoms with Crippen LogP contribution in [0, 0.1) is 0 Å². The van der Waals surface area contributed by atoms with Crippen molar-refractivity contribution in [1.82, 2.24) is 0 Å². The summed E-state index contributed by atoms with van der Waals surface area (Å²) in [4.78, 5) is 12.5. The van der Waals surface area contributed by atoms with Gasteiger partial charge in [0, 0.05) is 30.1 Å². The number of nitrogens with zero attached hydrogens (tertiary/aromatic N) is 1. The molecular weight excluding hydrogens is 416 g/mol. The molecule has 3 aromatic carbocycles. The number of amides is 1. The quantitative estimate of drug-likeness (QED) is 0.604. The predicted octanol–water partition coefficient (Wildman–Crippen LogP) is 3.80. The van der Waals surface area contributed by atoms with Crippen molar-refractivity contribution in [3.8, 4) is 11.5 Å². The van der Waals surface area contributed by atoms with Gasteiger partial charge < -0.3 is 14.8 Å². The average molecular weight is 441 g/mol. The molecule has 0 atom stereocenters. The Kier molecular flexibility index (Phi) is 5.99. The van der Waals surface area contributed by atoms with E-state index in [9.17, 15) is 13.2 Å². The zero-order chi connectivity index (χ0) is 21.8. The Morgan fingerprint density at radius 1 is 1.00 bits per heavy atom. The Morgan fingerprint density at radius 3 is 2.55 bits per heavy atom. The second-order valence-electron chi connectivity index (χ2n) is 7.34. The highest BCUT2D eigenvalue weighted by Gasteiger charge is 2.21. The van der Waals surface area contributed by atoms with E-state index in [1.807, 2.05) is 42.5 Å². The van der Waals surface area contributed by atoms with Gasteiger partial charge in [0.1, 0.15) is 13.2 Å². The molecule has 1 amide bonds. The van der Waals surface area contributed by atoms with Crippen molar-refractivity contribution >= 4 is 38.1 Å². The van der Waals surface area contributed by atoms with Crippen LogP contribution in [0.1, 0.15) is 12.8 Å². The third-order valence-electron chi connectivity index (χ3n) is 5.04. The molecule has 0 aliphatic carbocycles. The van der Waals surface area contributed by atoms with Gasteiger partial charge in [-0.15, -0.1) is 0 Å². The summed E-state index contributed by atoms with van der Waals surface area (Å²) in [6.07, 6.45) is 1.72. The number of rotatable bonds is 7. The number of hydrogen-bond donors (Lipinski definition) is 1. The maximum Gasteiger partial charge on any atom is 0.232 e. The van der Waals surface area contributed by atoms with Crippen LogP contribution in [-0.4, -0.2) is 40.3 Å². The number of sulfonamides is 1. The van der Waals surface area contributed by atoms with Crippen LogP contribution in [0.2, 0.25) is 0 Å². The largest absolute Gasteiger partial charge is 0.486 e. The van der Waals surface area contributed by atoms with E-state index in [1.165, 1.54) is 4.31 Å². The van der Waals surface area contributed by atoms with Crippen molar-refractivity contribution in [2.24, 2.45) is 0 Å². The van der Waals surface area contributed by atoms with Gasteiger partial charge in [0.15, 0.2) is 11.5 Å². The Labute approximate surface area is 181 Å². The summed E-state index contributed by atoms with van der Waals surface area (Å²) in [6.45, 7) is 1.07. The molecule has 0 bridgehead atoms. The zero-order valence-electron chi connectivity index (χ0n) is 17.2. The number of carbonyl (C=O) groups is 1. The smallest absolute Gasteiger partial charge is 0.232 e. The molecule has 8 heteroatoms. The normalized spacial score (nSPS) is 13.1. The second kappa shape index (κ2) is 8.85. The van der Waals surface area contributed by atoms with Crippen LogP contribution in [0.4, 0.5) is 11.4 Å². The molecule has 162 valence electrons. The lowest BCUT2D eigenvalue weighted by Gasteiger charge is -2.25. The lowest BCUT2D eigenvalue weighted by molar-refractivity contribution is -0.116. The van der Waals surface area contributed by atoms with Gasteiger partial charge >= 0.3 is 0 Å². The van der Waals surface area contributed by atoms with Gasteiger partial charge in [0.2, 0.25) is 15.9 Å².